The lowest BCUT2D eigenvalue weighted by Gasteiger charge is -2.12. The molecule has 0 bridgehead atoms. The van der Waals surface area contributed by atoms with E-state index in [1.807, 2.05) is 0 Å². The number of carboxylic acid groups (broad SMARTS) is 1. The molecule has 0 atom stereocenters. The van der Waals surface area contributed by atoms with Gasteiger partial charge in [0.2, 0.25) is 0 Å². The number of carboxylic acids is 1. The fraction of sp³-hybridized carbons (Fsp3) is 0.0625. The quantitative estimate of drug-likeness (QED) is 0.555. The van der Waals surface area contributed by atoms with Gasteiger partial charge in [0.25, 0.3) is 0 Å². The lowest BCUT2D eigenvalue weighted by molar-refractivity contribution is -0.274. The summed E-state index contributed by atoms with van der Waals surface area (Å²) in [6.45, 7) is 0. The van der Waals surface area contributed by atoms with Gasteiger partial charge in [-0.2, -0.15) is 5.10 Å². The van der Waals surface area contributed by atoms with E-state index < -0.39 is 18.1 Å². The van der Waals surface area contributed by atoms with Crippen molar-refractivity contribution in [1.29, 1.82) is 0 Å². The average Bonchev–Trinajstić information content (AvgIpc) is 2.98. The van der Waals surface area contributed by atoms with Crippen molar-refractivity contribution in [3.8, 4) is 22.7 Å². The van der Waals surface area contributed by atoms with Crippen LogP contribution in [0, 0.1) is 0 Å². The van der Waals surface area contributed by atoms with E-state index >= 15 is 0 Å². The molecule has 0 unspecified atom stereocenters. The maximum absolute atomic E-state index is 12.6. The predicted octanol–water partition coefficient (Wildman–Crippen LogP) is 4.95. The van der Waals surface area contributed by atoms with E-state index in [1.165, 1.54) is 35.1 Å². The minimum Gasteiger partial charge on any atom is -0.476 e. The van der Waals surface area contributed by atoms with Crippen LogP contribution in [-0.2, 0) is 0 Å². The monoisotopic (exact) mass is 461 g/mol. The number of alkyl halides is 3. The average molecular weight is 463 g/mol. The van der Waals surface area contributed by atoms with E-state index in [-0.39, 0.29) is 22.1 Å². The molecule has 0 radical (unpaired) electrons. The van der Waals surface area contributed by atoms with Crippen LogP contribution in [0.25, 0.3) is 16.9 Å². The van der Waals surface area contributed by atoms with Crippen LogP contribution >= 0.6 is 27.5 Å². The van der Waals surface area contributed by atoms with Gasteiger partial charge in [0, 0.05) is 22.3 Å². The van der Waals surface area contributed by atoms with Crippen molar-refractivity contribution in [2.45, 2.75) is 6.36 Å². The van der Waals surface area contributed by atoms with Crippen LogP contribution in [0.5, 0.6) is 5.75 Å². The third kappa shape index (κ3) is 4.58. The number of pyridine rings is 1. The number of halogens is 5. The Morgan fingerprint density at radius 3 is 2.59 bits per heavy atom. The third-order valence-electron chi connectivity index (χ3n) is 3.28. The van der Waals surface area contributed by atoms with Gasteiger partial charge < -0.3 is 9.84 Å². The molecular formula is C16H8BrClF3N3O3. The number of nitrogens with zero attached hydrogens (tertiary/aromatic N) is 3. The Morgan fingerprint density at radius 1 is 1.22 bits per heavy atom. The first-order chi connectivity index (χ1) is 12.6. The zero-order valence-corrected chi connectivity index (χ0v) is 15.4. The van der Waals surface area contributed by atoms with Gasteiger partial charge in [-0.1, -0.05) is 27.5 Å². The van der Waals surface area contributed by atoms with Gasteiger partial charge in [-0.25, -0.2) is 14.5 Å². The molecule has 2 aromatic heterocycles. The number of hydrogen-bond donors (Lipinski definition) is 1. The van der Waals surface area contributed by atoms with E-state index in [4.69, 9.17) is 11.6 Å². The highest BCUT2D eigenvalue weighted by atomic mass is 79.9. The van der Waals surface area contributed by atoms with E-state index in [2.05, 4.69) is 30.7 Å². The highest BCUT2D eigenvalue weighted by molar-refractivity contribution is 9.10. The molecule has 0 spiro atoms. The van der Waals surface area contributed by atoms with Crippen LogP contribution in [0.2, 0.25) is 5.15 Å². The molecule has 0 fully saturated rings. The molecule has 11 heteroatoms. The highest BCUT2D eigenvalue weighted by Gasteiger charge is 2.31. The van der Waals surface area contributed by atoms with Crippen molar-refractivity contribution >= 4 is 33.5 Å². The summed E-state index contributed by atoms with van der Waals surface area (Å²) in [5, 5.41) is 13.4. The second-order valence-electron chi connectivity index (χ2n) is 5.19. The molecule has 27 heavy (non-hydrogen) atoms. The van der Waals surface area contributed by atoms with Crippen LogP contribution in [-0.4, -0.2) is 32.2 Å². The molecule has 1 N–H and O–H groups in total. The lowest BCUT2D eigenvalue weighted by Crippen LogP contribution is -2.17. The Morgan fingerprint density at radius 2 is 1.96 bits per heavy atom. The number of benzene rings is 1. The Labute approximate surface area is 163 Å². The van der Waals surface area contributed by atoms with Crippen molar-refractivity contribution in [2.75, 3.05) is 0 Å². The maximum Gasteiger partial charge on any atom is 0.573 e. The van der Waals surface area contributed by atoms with Gasteiger partial charge in [0.05, 0.1) is 11.4 Å². The summed E-state index contributed by atoms with van der Waals surface area (Å²) in [6, 6.07) is 7.97. The molecule has 2 heterocycles. The summed E-state index contributed by atoms with van der Waals surface area (Å²) in [6.07, 6.45) is -3.48. The largest absolute Gasteiger partial charge is 0.573 e. The molecule has 0 saturated heterocycles. The number of hydrogen-bond acceptors (Lipinski definition) is 4. The Bertz CT molecular complexity index is 1020. The fourth-order valence-corrected chi connectivity index (χ4v) is 2.96. The molecule has 0 aliphatic rings. The second kappa shape index (κ2) is 7.20. The van der Waals surface area contributed by atoms with Gasteiger partial charge in [0.15, 0.2) is 5.69 Å². The van der Waals surface area contributed by atoms with E-state index in [1.54, 1.807) is 0 Å². The Balaban J connectivity index is 2.18. The molecule has 6 nitrogen and oxygen atoms in total. The van der Waals surface area contributed by atoms with Gasteiger partial charge in [0.1, 0.15) is 10.9 Å². The summed E-state index contributed by atoms with van der Waals surface area (Å²) in [4.78, 5) is 15.2. The first-order valence-electron chi connectivity index (χ1n) is 7.14. The van der Waals surface area contributed by atoms with Gasteiger partial charge in [-0.15, -0.1) is 13.2 Å². The Kier molecular flexibility index (Phi) is 5.11. The smallest absolute Gasteiger partial charge is 0.476 e. The summed E-state index contributed by atoms with van der Waals surface area (Å²) < 4.78 is 43.2. The van der Waals surface area contributed by atoms with Gasteiger partial charge in [-0.3, -0.25) is 0 Å². The van der Waals surface area contributed by atoms with Crippen molar-refractivity contribution < 1.29 is 27.8 Å². The van der Waals surface area contributed by atoms with E-state index in [0.717, 1.165) is 12.1 Å². The normalized spacial score (nSPS) is 11.4. The van der Waals surface area contributed by atoms with E-state index in [9.17, 15) is 23.1 Å². The van der Waals surface area contributed by atoms with Crippen molar-refractivity contribution in [2.24, 2.45) is 0 Å². The SMILES string of the molecule is O=C(O)c1cc(-c2cc(Br)cc(OC(F)(F)F)c2)n(-c2ccnc(Cl)c2)n1. The topological polar surface area (TPSA) is 77.2 Å². The molecule has 3 aromatic rings. The highest BCUT2D eigenvalue weighted by Crippen LogP contribution is 2.33. The summed E-state index contributed by atoms with van der Waals surface area (Å²) >= 11 is 8.99. The summed E-state index contributed by atoms with van der Waals surface area (Å²) in [5.41, 5.74) is 0.562. The minimum absolute atomic E-state index is 0.140. The minimum atomic E-state index is -4.87. The predicted molar refractivity (Wildman–Crippen MR) is 93.1 cm³/mol. The molecule has 0 amide bonds. The maximum atomic E-state index is 12.6. The molecule has 3 rings (SSSR count). The van der Waals surface area contributed by atoms with Crippen molar-refractivity contribution in [1.82, 2.24) is 14.8 Å². The van der Waals surface area contributed by atoms with E-state index in [0.29, 0.717) is 10.2 Å². The number of aromatic nitrogens is 3. The van der Waals surface area contributed by atoms with Gasteiger partial charge in [-0.05, 0) is 30.3 Å². The number of rotatable bonds is 4. The standard InChI is InChI=1S/C16H8BrClF3N3O3/c17-9-3-8(4-11(5-9)27-16(19,20)21)13-7-12(15(25)26)23-24(13)10-1-2-22-14(18)6-10/h1-7H,(H,25,26). The molecular weight excluding hydrogens is 455 g/mol. The second-order valence-corrected chi connectivity index (χ2v) is 6.49. The summed E-state index contributed by atoms with van der Waals surface area (Å²) in [7, 11) is 0. The zero-order valence-electron chi connectivity index (χ0n) is 13.0. The summed E-state index contributed by atoms with van der Waals surface area (Å²) in [5.74, 6) is -1.76. The molecule has 0 aliphatic heterocycles. The fourth-order valence-electron chi connectivity index (χ4n) is 2.32. The Hall–Kier alpha value is -2.59. The zero-order chi connectivity index (χ0) is 19.8. The number of carbonyl (C=O) groups is 1. The lowest BCUT2D eigenvalue weighted by atomic mass is 10.1. The third-order valence-corrected chi connectivity index (χ3v) is 3.95. The van der Waals surface area contributed by atoms with Crippen LogP contribution in [0.1, 0.15) is 10.5 Å². The van der Waals surface area contributed by atoms with Crippen molar-refractivity contribution in [3.63, 3.8) is 0 Å². The van der Waals surface area contributed by atoms with Crippen LogP contribution in [0.3, 0.4) is 0 Å². The van der Waals surface area contributed by atoms with Gasteiger partial charge >= 0.3 is 12.3 Å². The number of ether oxygens (including phenoxy) is 1. The van der Waals surface area contributed by atoms with Crippen LogP contribution < -0.4 is 4.74 Å². The molecule has 140 valence electrons. The van der Waals surface area contributed by atoms with Crippen LogP contribution in [0.15, 0.2) is 47.1 Å². The molecule has 1 aromatic carbocycles. The number of aromatic carboxylic acids is 1. The van der Waals surface area contributed by atoms with Crippen LogP contribution in [0.4, 0.5) is 13.2 Å². The molecule has 0 aliphatic carbocycles. The molecule has 0 saturated carbocycles. The van der Waals surface area contributed by atoms with Crippen molar-refractivity contribution in [3.05, 3.63) is 57.9 Å². The first kappa shape index (κ1) is 19.2. The first-order valence-corrected chi connectivity index (χ1v) is 8.31.